The number of aromatic nitrogens is 2. The molecule has 8 heteroatoms. The van der Waals surface area contributed by atoms with Crippen LogP contribution >= 0.6 is 0 Å². The minimum Gasteiger partial charge on any atom is -0.354 e. The summed E-state index contributed by atoms with van der Waals surface area (Å²) in [6.45, 7) is 2.75. The largest absolute Gasteiger partial charge is 0.354 e. The summed E-state index contributed by atoms with van der Waals surface area (Å²) in [5, 5.41) is 2.87. The van der Waals surface area contributed by atoms with Gasteiger partial charge in [0.25, 0.3) is 0 Å². The van der Waals surface area contributed by atoms with Gasteiger partial charge in [0.2, 0.25) is 11.9 Å². The van der Waals surface area contributed by atoms with E-state index in [9.17, 15) is 9.18 Å². The van der Waals surface area contributed by atoms with Gasteiger partial charge in [0.05, 0.1) is 6.20 Å². The van der Waals surface area contributed by atoms with Crippen LogP contribution in [0.25, 0.3) is 0 Å². The van der Waals surface area contributed by atoms with Crippen molar-refractivity contribution < 1.29 is 9.18 Å². The monoisotopic (exact) mass is 268 g/mol. The third-order valence-electron chi connectivity index (χ3n) is 3.06. The van der Waals surface area contributed by atoms with Crippen molar-refractivity contribution in [1.82, 2.24) is 15.3 Å². The van der Waals surface area contributed by atoms with E-state index < -0.39 is 5.82 Å². The van der Waals surface area contributed by atoms with Crippen LogP contribution in [0.5, 0.6) is 0 Å². The van der Waals surface area contributed by atoms with Crippen LogP contribution in [0.3, 0.4) is 0 Å². The highest BCUT2D eigenvalue weighted by molar-refractivity contribution is 5.73. The van der Waals surface area contributed by atoms with E-state index in [0.717, 1.165) is 19.0 Å². The van der Waals surface area contributed by atoms with Crippen molar-refractivity contribution in [2.45, 2.75) is 25.8 Å². The van der Waals surface area contributed by atoms with Crippen LogP contribution in [0.4, 0.5) is 16.2 Å². The molecular weight excluding hydrogens is 251 g/mol. The lowest BCUT2D eigenvalue weighted by atomic mass is 10.1. The van der Waals surface area contributed by atoms with Crippen molar-refractivity contribution in [2.24, 2.45) is 5.84 Å². The fourth-order valence-corrected chi connectivity index (χ4v) is 2.17. The molecule has 0 saturated carbocycles. The predicted molar refractivity (Wildman–Crippen MR) is 68.9 cm³/mol. The number of amides is 1. The van der Waals surface area contributed by atoms with Crippen LogP contribution in [0.1, 0.15) is 19.8 Å². The summed E-state index contributed by atoms with van der Waals surface area (Å²) in [6, 6.07) is 0.144. The van der Waals surface area contributed by atoms with Crippen LogP contribution in [0.2, 0.25) is 0 Å². The Morgan fingerprint density at radius 2 is 2.21 bits per heavy atom. The van der Waals surface area contributed by atoms with Gasteiger partial charge in [0, 0.05) is 26.1 Å². The number of nitrogens with zero attached hydrogens (tertiary/aromatic N) is 3. The lowest BCUT2D eigenvalue weighted by molar-refractivity contribution is -0.119. The molecule has 7 nitrogen and oxygen atoms in total. The smallest absolute Gasteiger partial charge is 0.239 e. The third kappa shape index (κ3) is 3.28. The molecule has 19 heavy (non-hydrogen) atoms. The normalized spacial score (nSPS) is 16.3. The van der Waals surface area contributed by atoms with E-state index in [1.807, 2.05) is 4.90 Å². The van der Waals surface area contributed by atoms with Gasteiger partial charge in [-0.1, -0.05) is 0 Å². The number of halogens is 1. The number of rotatable bonds is 3. The molecular formula is C11H17FN6O. The maximum Gasteiger partial charge on any atom is 0.239 e. The van der Waals surface area contributed by atoms with Crippen LogP contribution in [0, 0.1) is 5.82 Å². The first-order chi connectivity index (χ1) is 9.10. The zero-order chi connectivity index (χ0) is 13.8. The molecule has 4 N–H and O–H groups in total. The molecule has 2 rings (SSSR count). The molecule has 1 aromatic rings. The summed E-state index contributed by atoms with van der Waals surface area (Å²) in [7, 11) is 0. The van der Waals surface area contributed by atoms with Gasteiger partial charge in [0.1, 0.15) is 0 Å². The molecule has 0 atom stereocenters. The van der Waals surface area contributed by atoms with Gasteiger partial charge in [-0.2, -0.15) is 4.98 Å². The Morgan fingerprint density at radius 3 is 2.79 bits per heavy atom. The van der Waals surface area contributed by atoms with E-state index >= 15 is 0 Å². The molecule has 0 bridgehead atoms. The molecule has 1 aromatic heterocycles. The highest BCUT2D eigenvalue weighted by atomic mass is 19.1. The molecule has 0 unspecified atom stereocenters. The molecule has 104 valence electrons. The van der Waals surface area contributed by atoms with E-state index in [1.54, 1.807) is 0 Å². The van der Waals surface area contributed by atoms with Gasteiger partial charge in [-0.05, 0) is 12.8 Å². The SMILES string of the molecule is CC(=O)NC1CCN(c2nc(NN)ncc2F)CC1. The van der Waals surface area contributed by atoms with Crippen LogP contribution in [-0.2, 0) is 4.79 Å². The minimum absolute atomic E-state index is 0.0405. The van der Waals surface area contributed by atoms with Gasteiger partial charge in [0.15, 0.2) is 11.6 Å². The fraction of sp³-hybridized carbons (Fsp3) is 0.545. The predicted octanol–water partition coefficient (Wildman–Crippen LogP) is 0.00620. The number of hydrogen-bond donors (Lipinski definition) is 3. The molecule has 1 amide bonds. The number of piperidine rings is 1. The Kier molecular flexibility index (Phi) is 4.10. The number of nitrogen functional groups attached to an aromatic ring is 1. The van der Waals surface area contributed by atoms with E-state index in [0.29, 0.717) is 13.1 Å². The van der Waals surface area contributed by atoms with Gasteiger partial charge in [-0.3, -0.25) is 10.2 Å². The highest BCUT2D eigenvalue weighted by Gasteiger charge is 2.23. The first-order valence-electron chi connectivity index (χ1n) is 6.11. The van der Waals surface area contributed by atoms with E-state index in [4.69, 9.17) is 5.84 Å². The van der Waals surface area contributed by atoms with Crippen LogP contribution in [0.15, 0.2) is 6.20 Å². The number of hydrazine groups is 1. The Hall–Kier alpha value is -1.96. The molecule has 1 saturated heterocycles. The van der Waals surface area contributed by atoms with Crippen molar-refractivity contribution in [2.75, 3.05) is 23.4 Å². The van der Waals surface area contributed by atoms with Gasteiger partial charge >= 0.3 is 0 Å². The first kappa shape index (κ1) is 13.5. The summed E-state index contributed by atoms with van der Waals surface area (Å²) in [4.78, 5) is 20.5. The average molecular weight is 268 g/mol. The second kappa shape index (κ2) is 5.79. The zero-order valence-electron chi connectivity index (χ0n) is 10.7. The second-order valence-electron chi connectivity index (χ2n) is 4.47. The summed E-state index contributed by atoms with van der Waals surface area (Å²) in [5.41, 5.74) is 2.30. The highest BCUT2D eigenvalue weighted by Crippen LogP contribution is 2.21. The Morgan fingerprint density at radius 1 is 1.53 bits per heavy atom. The molecule has 0 radical (unpaired) electrons. The number of nitrogens with two attached hydrogens (primary N) is 1. The second-order valence-corrected chi connectivity index (χ2v) is 4.47. The minimum atomic E-state index is -0.475. The average Bonchev–Trinajstić information content (AvgIpc) is 2.40. The lowest BCUT2D eigenvalue weighted by Gasteiger charge is -2.33. The number of anilines is 2. The van der Waals surface area contributed by atoms with Crippen molar-refractivity contribution in [3.63, 3.8) is 0 Å². The third-order valence-corrected chi connectivity index (χ3v) is 3.06. The van der Waals surface area contributed by atoms with Gasteiger partial charge in [-0.15, -0.1) is 0 Å². The number of nitrogens with one attached hydrogen (secondary N) is 2. The van der Waals surface area contributed by atoms with Crippen LogP contribution in [-0.4, -0.2) is 35.0 Å². The molecule has 2 heterocycles. The van der Waals surface area contributed by atoms with Crippen molar-refractivity contribution in [3.05, 3.63) is 12.0 Å². The fourth-order valence-electron chi connectivity index (χ4n) is 2.17. The van der Waals surface area contributed by atoms with E-state index in [2.05, 4.69) is 20.7 Å². The summed E-state index contributed by atoms with van der Waals surface area (Å²) in [5.74, 6) is 5.12. The van der Waals surface area contributed by atoms with Crippen molar-refractivity contribution in [1.29, 1.82) is 0 Å². The molecule has 1 aliphatic rings. The van der Waals surface area contributed by atoms with Gasteiger partial charge < -0.3 is 10.2 Å². The number of carbonyl (C=O) groups is 1. The maximum atomic E-state index is 13.7. The van der Waals surface area contributed by atoms with E-state index in [1.165, 1.54) is 6.92 Å². The zero-order valence-corrected chi connectivity index (χ0v) is 10.7. The molecule has 1 aliphatic heterocycles. The lowest BCUT2D eigenvalue weighted by Crippen LogP contribution is -2.44. The number of hydrogen-bond acceptors (Lipinski definition) is 6. The van der Waals surface area contributed by atoms with Gasteiger partial charge in [-0.25, -0.2) is 15.2 Å². The number of carbonyl (C=O) groups excluding carboxylic acids is 1. The Balaban J connectivity index is 2.03. The van der Waals surface area contributed by atoms with E-state index in [-0.39, 0.29) is 23.7 Å². The standard InChI is InChI=1S/C11H17FN6O/c1-7(19)15-8-2-4-18(5-3-8)10-9(12)6-14-11(16-10)17-13/h6,8H,2-5,13H2,1H3,(H,15,19)(H,14,16,17). The van der Waals surface area contributed by atoms with Crippen LogP contribution < -0.4 is 21.5 Å². The maximum absolute atomic E-state index is 13.7. The summed E-state index contributed by atoms with van der Waals surface area (Å²) >= 11 is 0. The molecule has 0 spiro atoms. The van der Waals surface area contributed by atoms with Crippen molar-refractivity contribution in [3.8, 4) is 0 Å². The van der Waals surface area contributed by atoms with Crippen molar-refractivity contribution >= 4 is 17.7 Å². The molecule has 1 fully saturated rings. The Bertz CT molecular complexity index is 460. The Labute approximate surface area is 110 Å². The summed E-state index contributed by atoms with van der Waals surface area (Å²) < 4.78 is 13.7. The molecule has 0 aliphatic carbocycles. The quantitative estimate of drug-likeness (QED) is 0.528. The first-order valence-corrected chi connectivity index (χ1v) is 6.11. The summed E-state index contributed by atoms with van der Waals surface area (Å²) in [6.07, 6.45) is 2.61. The molecule has 0 aromatic carbocycles. The topological polar surface area (TPSA) is 96.2 Å².